The molecule has 2 N–H and O–H groups in total. The SMILES string of the molecule is C#CCNC(=O)COc1c(Br)cc(CO)cc1OCC. The Kier molecular flexibility index (Phi) is 6.91. The Morgan fingerprint density at radius 3 is 2.85 bits per heavy atom. The Morgan fingerprint density at radius 1 is 1.50 bits per heavy atom. The van der Waals surface area contributed by atoms with E-state index in [0.29, 0.717) is 28.1 Å². The van der Waals surface area contributed by atoms with Gasteiger partial charge in [0.05, 0.1) is 24.2 Å². The van der Waals surface area contributed by atoms with E-state index in [-0.39, 0.29) is 25.7 Å². The number of carbonyl (C=O) groups is 1. The van der Waals surface area contributed by atoms with Gasteiger partial charge in [0.25, 0.3) is 5.91 Å². The lowest BCUT2D eigenvalue weighted by Gasteiger charge is -2.14. The molecule has 1 amide bonds. The van der Waals surface area contributed by atoms with Crippen molar-refractivity contribution in [1.82, 2.24) is 5.32 Å². The number of aliphatic hydroxyl groups is 1. The molecule has 0 saturated heterocycles. The van der Waals surface area contributed by atoms with Crippen molar-refractivity contribution < 1.29 is 19.4 Å². The van der Waals surface area contributed by atoms with Crippen molar-refractivity contribution in [3.63, 3.8) is 0 Å². The van der Waals surface area contributed by atoms with Crippen LogP contribution in [0.2, 0.25) is 0 Å². The largest absolute Gasteiger partial charge is 0.490 e. The first-order chi connectivity index (χ1) is 9.62. The Bertz CT molecular complexity index is 511. The van der Waals surface area contributed by atoms with E-state index in [1.165, 1.54) is 0 Å². The zero-order chi connectivity index (χ0) is 15.0. The number of aliphatic hydroxyl groups excluding tert-OH is 1. The Hall–Kier alpha value is -1.71. The number of ether oxygens (including phenoxy) is 2. The van der Waals surface area contributed by atoms with Gasteiger partial charge in [-0.1, -0.05) is 5.92 Å². The van der Waals surface area contributed by atoms with Crippen LogP contribution in [0, 0.1) is 12.3 Å². The van der Waals surface area contributed by atoms with E-state index in [4.69, 9.17) is 21.0 Å². The molecule has 1 aromatic rings. The van der Waals surface area contributed by atoms with Crippen LogP contribution in [-0.2, 0) is 11.4 Å². The topological polar surface area (TPSA) is 67.8 Å². The molecule has 0 radical (unpaired) electrons. The summed E-state index contributed by atoms with van der Waals surface area (Å²) in [7, 11) is 0. The number of nitrogens with one attached hydrogen (secondary N) is 1. The zero-order valence-corrected chi connectivity index (χ0v) is 12.7. The second kappa shape index (κ2) is 8.46. The van der Waals surface area contributed by atoms with Gasteiger partial charge in [0, 0.05) is 0 Å². The second-order valence-corrected chi connectivity index (χ2v) is 4.62. The highest BCUT2D eigenvalue weighted by atomic mass is 79.9. The molecule has 0 aliphatic carbocycles. The number of hydrogen-bond donors (Lipinski definition) is 2. The normalized spacial score (nSPS) is 9.70. The number of carbonyl (C=O) groups excluding carboxylic acids is 1. The molecule has 0 fully saturated rings. The lowest BCUT2D eigenvalue weighted by atomic mass is 10.2. The Labute approximate surface area is 126 Å². The molecule has 5 nitrogen and oxygen atoms in total. The van der Waals surface area contributed by atoms with Crippen molar-refractivity contribution >= 4 is 21.8 Å². The van der Waals surface area contributed by atoms with E-state index in [1.54, 1.807) is 12.1 Å². The highest BCUT2D eigenvalue weighted by molar-refractivity contribution is 9.10. The standard InChI is InChI=1S/C14H16BrNO4/c1-3-5-16-13(18)9-20-14-11(15)6-10(8-17)7-12(14)19-4-2/h1,6-7,17H,4-5,8-9H2,2H3,(H,16,18). The van der Waals surface area contributed by atoms with Crippen LogP contribution in [0.5, 0.6) is 11.5 Å². The van der Waals surface area contributed by atoms with Crippen molar-refractivity contribution in [2.45, 2.75) is 13.5 Å². The predicted molar refractivity (Wildman–Crippen MR) is 78.6 cm³/mol. The highest BCUT2D eigenvalue weighted by Crippen LogP contribution is 2.36. The van der Waals surface area contributed by atoms with Crippen LogP contribution in [-0.4, -0.2) is 30.8 Å². The molecule has 1 rings (SSSR count). The molecule has 0 saturated carbocycles. The molecule has 6 heteroatoms. The van der Waals surface area contributed by atoms with Crippen LogP contribution in [0.25, 0.3) is 0 Å². The monoisotopic (exact) mass is 341 g/mol. The molecule has 0 spiro atoms. The van der Waals surface area contributed by atoms with Gasteiger partial charge in [-0.3, -0.25) is 4.79 Å². The number of hydrogen-bond acceptors (Lipinski definition) is 4. The number of benzene rings is 1. The molecular weight excluding hydrogens is 326 g/mol. The lowest BCUT2D eigenvalue weighted by molar-refractivity contribution is -0.122. The van der Waals surface area contributed by atoms with E-state index in [9.17, 15) is 4.79 Å². The molecule has 0 bridgehead atoms. The Balaban J connectivity index is 2.82. The summed E-state index contributed by atoms with van der Waals surface area (Å²) in [6, 6.07) is 3.38. The summed E-state index contributed by atoms with van der Waals surface area (Å²) in [6.45, 7) is 2.16. The molecule has 1 aromatic carbocycles. The third-order valence-corrected chi connectivity index (χ3v) is 2.88. The smallest absolute Gasteiger partial charge is 0.258 e. The molecule has 20 heavy (non-hydrogen) atoms. The number of terminal acetylenes is 1. The number of halogens is 1. The first-order valence-corrected chi connectivity index (χ1v) is 6.80. The summed E-state index contributed by atoms with van der Waals surface area (Å²) in [5.41, 5.74) is 0.685. The number of amides is 1. The minimum atomic E-state index is -0.316. The third kappa shape index (κ3) is 4.76. The fourth-order valence-electron chi connectivity index (χ4n) is 1.45. The minimum absolute atomic E-state index is 0.110. The second-order valence-electron chi connectivity index (χ2n) is 3.77. The van der Waals surface area contributed by atoms with Crippen LogP contribution in [0.4, 0.5) is 0 Å². The molecule has 0 atom stereocenters. The van der Waals surface area contributed by atoms with Crippen molar-refractivity contribution in [3.05, 3.63) is 22.2 Å². The van der Waals surface area contributed by atoms with E-state index >= 15 is 0 Å². The maximum atomic E-state index is 11.5. The maximum Gasteiger partial charge on any atom is 0.258 e. The molecular formula is C14H16BrNO4. The quantitative estimate of drug-likeness (QED) is 0.737. The summed E-state index contributed by atoms with van der Waals surface area (Å²) >= 11 is 3.33. The summed E-state index contributed by atoms with van der Waals surface area (Å²) in [6.07, 6.45) is 5.05. The lowest BCUT2D eigenvalue weighted by Crippen LogP contribution is -2.29. The molecule has 0 aliphatic rings. The van der Waals surface area contributed by atoms with Crippen LogP contribution < -0.4 is 14.8 Å². The maximum absolute atomic E-state index is 11.5. The van der Waals surface area contributed by atoms with E-state index in [2.05, 4.69) is 27.2 Å². The summed E-state index contributed by atoms with van der Waals surface area (Å²) in [5, 5.41) is 11.7. The van der Waals surface area contributed by atoms with E-state index in [1.807, 2.05) is 6.92 Å². The average Bonchev–Trinajstić information content (AvgIpc) is 2.44. The molecule has 108 valence electrons. The fraction of sp³-hybridized carbons (Fsp3) is 0.357. The van der Waals surface area contributed by atoms with Crippen LogP contribution in [0.3, 0.4) is 0 Å². The van der Waals surface area contributed by atoms with Gasteiger partial charge >= 0.3 is 0 Å². The van der Waals surface area contributed by atoms with Gasteiger partial charge in [0.1, 0.15) is 0 Å². The van der Waals surface area contributed by atoms with Gasteiger partial charge < -0.3 is 19.9 Å². The predicted octanol–water partition coefficient (Wildman–Crippen LogP) is 1.47. The van der Waals surface area contributed by atoms with Crippen molar-refractivity contribution in [2.75, 3.05) is 19.8 Å². The van der Waals surface area contributed by atoms with Gasteiger partial charge in [-0.2, -0.15) is 0 Å². The third-order valence-electron chi connectivity index (χ3n) is 2.29. The van der Waals surface area contributed by atoms with Crippen molar-refractivity contribution in [3.8, 4) is 23.8 Å². The average molecular weight is 342 g/mol. The Morgan fingerprint density at radius 2 is 2.25 bits per heavy atom. The summed E-state index contributed by atoms with van der Waals surface area (Å²) < 4.78 is 11.5. The van der Waals surface area contributed by atoms with Crippen LogP contribution in [0.1, 0.15) is 12.5 Å². The molecule has 0 aromatic heterocycles. The first-order valence-electron chi connectivity index (χ1n) is 6.01. The van der Waals surface area contributed by atoms with Gasteiger partial charge in [-0.25, -0.2) is 0 Å². The van der Waals surface area contributed by atoms with Gasteiger partial charge in [-0.15, -0.1) is 6.42 Å². The van der Waals surface area contributed by atoms with Gasteiger partial charge in [-0.05, 0) is 40.5 Å². The fourth-order valence-corrected chi connectivity index (χ4v) is 2.06. The van der Waals surface area contributed by atoms with Crippen molar-refractivity contribution in [2.24, 2.45) is 0 Å². The summed E-state index contributed by atoms with van der Waals surface area (Å²) in [5.74, 6) is 2.87. The molecule has 0 unspecified atom stereocenters. The van der Waals surface area contributed by atoms with Crippen LogP contribution in [0.15, 0.2) is 16.6 Å². The van der Waals surface area contributed by atoms with Crippen molar-refractivity contribution in [1.29, 1.82) is 0 Å². The summed E-state index contributed by atoms with van der Waals surface area (Å²) in [4.78, 5) is 11.5. The number of rotatable bonds is 7. The minimum Gasteiger partial charge on any atom is -0.490 e. The van der Waals surface area contributed by atoms with E-state index in [0.717, 1.165) is 0 Å². The van der Waals surface area contributed by atoms with E-state index < -0.39 is 0 Å². The van der Waals surface area contributed by atoms with Crippen LogP contribution >= 0.6 is 15.9 Å². The molecule has 0 aliphatic heterocycles. The first kappa shape index (κ1) is 16.3. The highest BCUT2D eigenvalue weighted by Gasteiger charge is 2.13. The van der Waals surface area contributed by atoms with Gasteiger partial charge in [0.15, 0.2) is 18.1 Å². The van der Waals surface area contributed by atoms with Gasteiger partial charge in [0.2, 0.25) is 0 Å². The zero-order valence-electron chi connectivity index (χ0n) is 11.1. The molecule has 0 heterocycles.